The smallest absolute Gasteiger partial charge is 0.154 e. The Morgan fingerprint density at radius 3 is 2.93 bits per heavy atom. The van der Waals surface area contributed by atoms with Crippen molar-refractivity contribution >= 4 is 5.78 Å². The van der Waals surface area contributed by atoms with Gasteiger partial charge in [0.1, 0.15) is 5.82 Å². The third-order valence-corrected chi connectivity index (χ3v) is 2.77. The van der Waals surface area contributed by atoms with Gasteiger partial charge in [-0.2, -0.15) is 0 Å². The third-order valence-electron chi connectivity index (χ3n) is 2.77. The highest BCUT2D eigenvalue weighted by molar-refractivity contribution is 5.86. The van der Waals surface area contributed by atoms with Crippen molar-refractivity contribution in [1.82, 2.24) is 5.32 Å². The van der Waals surface area contributed by atoms with Gasteiger partial charge in [-0.15, -0.1) is 0 Å². The summed E-state index contributed by atoms with van der Waals surface area (Å²) in [6.07, 6.45) is 2.12. The standard InChI is InChI=1S/C12H14FNO/c13-10-5-2-1-4-9(10)8-12(15)11-6-3-7-14-11/h1-2,4-5,11,14H,3,6-8H2. The molecule has 3 heteroatoms. The zero-order chi connectivity index (χ0) is 10.7. The maximum Gasteiger partial charge on any atom is 0.154 e. The van der Waals surface area contributed by atoms with Crippen molar-refractivity contribution in [2.75, 3.05) is 6.54 Å². The lowest BCUT2D eigenvalue weighted by Crippen LogP contribution is -2.32. The molecule has 2 nitrogen and oxygen atoms in total. The summed E-state index contributed by atoms with van der Waals surface area (Å²) in [6, 6.07) is 6.39. The van der Waals surface area contributed by atoms with Crippen LogP contribution in [-0.2, 0) is 11.2 Å². The molecule has 0 aromatic heterocycles. The van der Waals surface area contributed by atoms with Gasteiger partial charge in [-0.25, -0.2) is 4.39 Å². The Morgan fingerprint density at radius 1 is 1.47 bits per heavy atom. The van der Waals surface area contributed by atoms with Gasteiger partial charge in [0.05, 0.1) is 6.04 Å². The minimum atomic E-state index is -0.288. The molecule has 1 saturated heterocycles. The fourth-order valence-corrected chi connectivity index (χ4v) is 1.91. The highest BCUT2D eigenvalue weighted by Gasteiger charge is 2.22. The quantitative estimate of drug-likeness (QED) is 0.817. The molecule has 1 atom stereocenters. The van der Waals surface area contributed by atoms with E-state index >= 15 is 0 Å². The van der Waals surface area contributed by atoms with Crippen molar-refractivity contribution in [3.8, 4) is 0 Å². The molecule has 0 radical (unpaired) electrons. The predicted octanol–water partition coefficient (Wildman–Crippen LogP) is 1.69. The first kappa shape index (κ1) is 10.3. The van der Waals surface area contributed by atoms with Gasteiger partial charge in [-0.3, -0.25) is 4.79 Å². The number of benzene rings is 1. The molecule has 1 aliphatic rings. The van der Waals surface area contributed by atoms with Crippen LogP contribution in [0.4, 0.5) is 4.39 Å². The average Bonchev–Trinajstić information content (AvgIpc) is 2.74. The van der Waals surface area contributed by atoms with E-state index in [0.717, 1.165) is 19.4 Å². The van der Waals surface area contributed by atoms with E-state index in [0.29, 0.717) is 5.56 Å². The van der Waals surface area contributed by atoms with Gasteiger partial charge in [0, 0.05) is 6.42 Å². The highest BCUT2D eigenvalue weighted by atomic mass is 19.1. The van der Waals surface area contributed by atoms with E-state index in [-0.39, 0.29) is 24.1 Å². The van der Waals surface area contributed by atoms with E-state index < -0.39 is 0 Å². The molecule has 1 N–H and O–H groups in total. The maximum atomic E-state index is 13.3. The molecule has 0 bridgehead atoms. The van der Waals surface area contributed by atoms with Crippen molar-refractivity contribution < 1.29 is 9.18 Å². The Balaban J connectivity index is 2.02. The first-order valence-corrected chi connectivity index (χ1v) is 5.27. The lowest BCUT2D eigenvalue weighted by atomic mass is 10.0. The number of rotatable bonds is 3. The number of carbonyl (C=O) groups excluding carboxylic acids is 1. The largest absolute Gasteiger partial charge is 0.307 e. The van der Waals surface area contributed by atoms with Gasteiger partial charge in [0.25, 0.3) is 0 Å². The number of carbonyl (C=O) groups is 1. The van der Waals surface area contributed by atoms with Crippen molar-refractivity contribution in [2.45, 2.75) is 25.3 Å². The summed E-state index contributed by atoms with van der Waals surface area (Å²) in [4.78, 5) is 11.7. The Bertz CT molecular complexity index is 358. The van der Waals surface area contributed by atoms with Gasteiger partial charge in [-0.1, -0.05) is 18.2 Å². The summed E-state index contributed by atoms with van der Waals surface area (Å²) in [5.41, 5.74) is 0.496. The van der Waals surface area contributed by atoms with E-state index in [2.05, 4.69) is 5.32 Å². The molecule has 0 saturated carbocycles. The zero-order valence-corrected chi connectivity index (χ0v) is 8.50. The number of ketones is 1. The number of hydrogen-bond donors (Lipinski definition) is 1. The first-order chi connectivity index (χ1) is 7.27. The van der Waals surface area contributed by atoms with Crippen molar-refractivity contribution in [1.29, 1.82) is 0 Å². The summed E-state index contributed by atoms with van der Waals surface area (Å²) in [6.45, 7) is 0.897. The van der Waals surface area contributed by atoms with Gasteiger partial charge in [0.15, 0.2) is 5.78 Å². The van der Waals surface area contributed by atoms with Gasteiger partial charge >= 0.3 is 0 Å². The Labute approximate surface area is 88.5 Å². The molecule has 1 aliphatic heterocycles. The fourth-order valence-electron chi connectivity index (χ4n) is 1.91. The maximum absolute atomic E-state index is 13.3. The second kappa shape index (κ2) is 4.53. The molecule has 1 aromatic rings. The van der Waals surface area contributed by atoms with Gasteiger partial charge < -0.3 is 5.32 Å². The Hall–Kier alpha value is -1.22. The van der Waals surface area contributed by atoms with Crippen LogP contribution in [0.3, 0.4) is 0 Å². The predicted molar refractivity (Wildman–Crippen MR) is 56.1 cm³/mol. The molecule has 0 amide bonds. The van der Waals surface area contributed by atoms with Crippen molar-refractivity contribution in [2.24, 2.45) is 0 Å². The fraction of sp³-hybridized carbons (Fsp3) is 0.417. The van der Waals surface area contributed by atoms with Crippen LogP contribution in [0.5, 0.6) is 0 Å². The van der Waals surface area contributed by atoms with Crippen LogP contribution in [0.15, 0.2) is 24.3 Å². The lowest BCUT2D eigenvalue weighted by Gasteiger charge is -2.09. The number of hydrogen-bond acceptors (Lipinski definition) is 2. The first-order valence-electron chi connectivity index (χ1n) is 5.27. The Kier molecular flexibility index (Phi) is 3.11. The van der Waals surface area contributed by atoms with Crippen LogP contribution in [0.2, 0.25) is 0 Å². The summed E-state index contributed by atoms with van der Waals surface area (Å²) >= 11 is 0. The second-order valence-electron chi connectivity index (χ2n) is 3.88. The molecular weight excluding hydrogens is 193 g/mol. The normalized spacial score (nSPS) is 20.5. The monoisotopic (exact) mass is 207 g/mol. The number of Topliss-reactive ketones (excluding diaryl/α,β-unsaturated/α-hetero) is 1. The lowest BCUT2D eigenvalue weighted by molar-refractivity contribution is -0.120. The van der Waals surface area contributed by atoms with Crippen LogP contribution in [0.25, 0.3) is 0 Å². The molecule has 1 fully saturated rings. The Morgan fingerprint density at radius 2 is 2.27 bits per heavy atom. The minimum absolute atomic E-state index is 0.0652. The summed E-state index contributed by atoms with van der Waals surface area (Å²) < 4.78 is 13.3. The molecule has 1 aromatic carbocycles. The van der Waals surface area contributed by atoms with E-state index in [4.69, 9.17) is 0 Å². The molecule has 0 spiro atoms. The van der Waals surface area contributed by atoms with Gasteiger partial charge in [0.2, 0.25) is 0 Å². The molecule has 1 heterocycles. The van der Waals surface area contributed by atoms with Gasteiger partial charge in [-0.05, 0) is 31.0 Å². The summed E-state index contributed by atoms with van der Waals surface area (Å²) in [5, 5.41) is 3.12. The third kappa shape index (κ3) is 2.42. The van der Waals surface area contributed by atoms with E-state index in [1.165, 1.54) is 6.07 Å². The van der Waals surface area contributed by atoms with Crippen LogP contribution >= 0.6 is 0 Å². The molecule has 80 valence electrons. The van der Waals surface area contributed by atoms with Crippen LogP contribution in [0, 0.1) is 5.82 Å². The van der Waals surface area contributed by atoms with Crippen LogP contribution in [-0.4, -0.2) is 18.4 Å². The molecule has 1 unspecified atom stereocenters. The SMILES string of the molecule is O=C(Cc1ccccc1F)C1CCCN1. The van der Waals surface area contributed by atoms with Crippen molar-refractivity contribution in [3.63, 3.8) is 0 Å². The van der Waals surface area contributed by atoms with E-state index in [1.807, 2.05) is 0 Å². The van der Waals surface area contributed by atoms with Crippen LogP contribution in [0.1, 0.15) is 18.4 Å². The molecular formula is C12H14FNO. The molecule has 15 heavy (non-hydrogen) atoms. The topological polar surface area (TPSA) is 29.1 Å². The zero-order valence-electron chi connectivity index (χ0n) is 8.50. The molecule has 2 rings (SSSR count). The average molecular weight is 207 g/mol. The van der Waals surface area contributed by atoms with Crippen LogP contribution < -0.4 is 5.32 Å². The minimum Gasteiger partial charge on any atom is -0.307 e. The molecule has 0 aliphatic carbocycles. The summed E-state index contributed by atoms with van der Waals surface area (Å²) in [7, 11) is 0. The number of nitrogens with one attached hydrogen (secondary N) is 1. The second-order valence-corrected chi connectivity index (χ2v) is 3.88. The highest BCUT2D eigenvalue weighted by Crippen LogP contribution is 2.12. The van der Waals surface area contributed by atoms with E-state index in [1.54, 1.807) is 18.2 Å². The summed E-state index contributed by atoms with van der Waals surface area (Å²) in [5.74, 6) is -0.193. The van der Waals surface area contributed by atoms with E-state index in [9.17, 15) is 9.18 Å². The number of halogens is 1. The van der Waals surface area contributed by atoms with Crippen molar-refractivity contribution in [3.05, 3.63) is 35.6 Å².